The van der Waals surface area contributed by atoms with E-state index in [-0.39, 0.29) is 5.82 Å². The number of nitriles is 1. The quantitative estimate of drug-likeness (QED) is 0.654. The van der Waals surface area contributed by atoms with Crippen molar-refractivity contribution in [2.24, 2.45) is 0 Å². The molecule has 1 N–H and O–H groups in total. The normalized spacial score (nSPS) is 12.5. The van der Waals surface area contributed by atoms with Crippen molar-refractivity contribution < 1.29 is 0 Å². The van der Waals surface area contributed by atoms with Gasteiger partial charge in [0.25, 0.3) is 0 Å². The van der Waals surface area contributed by atoms with E-state index < -0.39 is 0 Å². The first kappa shape index (κ1) is 7.21. The van der Waals surface area contributed by atoms with Gasteiger partial charge in [-0.05, 0) is 0 Å². The number of hydrogen-bond donors (Lipinski definition) is 1. The van der Waals surface area contributed by atoms with Gasteiger partial charge in [0.2, 0.25) is 5.82 Å². The minimum absolute atomic E-state index is 0.181. The number of aromatic nitrogens is 3. The Kier molecular flexibility index (Phi) is 1.23. The van der Waals surface area contributed by atoms with Crippen LogP contribution in [0.25, 0.3) is 10.9 Å². The van der Waals surface area contributed by atoms with E-state index in [1.807, 2.05) is 6.07 Å². The van der Waals surface area contributed by atoms with Gasteiger partial charge >= 0.3 is 0 Å². The summed E-state index contributed by atoms with van der Waals surface area (Å²) in [6, 6.07) is 1.93. The van der Waals surface area contributed by atoms with Gasteiger partial charge in [-0.25, -0.2) is 9.97 Å². The molecule has 0 saturated heterocycles. The summed E-state index contributed by atoms with van der Waals surface area (Å²) < 4.78 is 0. The van der Waals surface area contributed by atoms with Gasteiger partial charge < -0.3 is 5.32 Å². The van der Waals surface area contributed by atoms with E-state index >= 15 is 0 Å². The Morgan fingerprint density at radius 2 is 2.29 bits per heavy atom. The lowest BCUT2D eigenvalue weighted by atomic mass is 10.2. The summed E-state index contributed by atoms with van der Waals surface area (Å²) in [5.74, 6) is 0.921. The topological polar surface area (TPSA) is 74.5 Å². The van der Waals surface area contributed by atoms with Crippen LogP contribution in [0.1, 0.15) is 11.4 Å². The highest BCUT2D eigenvalue weighted by atomic mass is 15.1. The van der Waals surface area contributed by atoms with Gasteiger partial charge in [-0.3, -0.25) is 4.98 Å². The number of hydrogen-bond acceptors (Lipinski definition) is 5. The SMILES string of the molecule is N#Cc1nc2c3c(cncc3n1)CN2. The molecule has 1 aliphatic heterocycles. The summed E-state index contributed by atoms with van der Waals surface area (Å²) in [5.41, 5.74) is 1.82. The lowest BCUT2D eigenvalue weighted by molar-refractivity contribution is 1.14. The second-order valence-corrected chi connectivity index (χ2v) is 3.05. The molecule has 0 spiro atoms. The summed E-state index contributed by atoms with van der Waals surface area (Å²) in [4.78, 5) is 12.2. The van der Waals surface area contributed by atoms with Crippen molar-refractivity contribution in [3.63, 3.8) is 0 Å². The van der Waals surface area contributed by atoms with Crippen molar-refractivity contribution >= 4 is 16.7 Å². The molecule has 14 heavy (non-hydrogen) atoms. The molecule has 3 rings (SSSR count). The van der Waals surface area contributed by atoms with Gasteiger partial charge in [0, 0.05) is 18.3 Å². The molecule has 5 nitrogen and oxygen atoms in total. The van der Waals surface area contributed by atoms with E-state index in [1.54, 1.807) is 12.4 Å². The third-order valence-electron chi connectivity index (χ3n) is 2.23. The van der Waals surface area contributed by atoms with Crippen molar-refractivity contribution in [1.82, 2.24) is 15.0 Å². The van der Waals surface area contributed by atoms with Gasteiger partial charge in [-0.1, -0.05) is 0 Å². The molecular weight excluding hydrogens is 178 g/mol. The third-order valence-corrected chi connectivity index (χ3v) is 2.23. The molecule has 0 unspecified atom stereocenters. The van der Waals surface area contributed by atoms with Crippen LogP contribution >= 0.6 is 0 Å². The van der Waals surface area contributed by atoms with Gasteiger partial charge in [-0.2, -0.15) is 5.26 Å². The van der Waals surface area contributed by atoms with Crippen LogP contribution in [0, 0.1) is 11.3 Å². The molecule has 0 radical (unpaired) electrons. The maximum atomic E-state index is 8.71. The molecule has 0 amide bonds. The molecule has 2 aromatic rings. The predicted octanol–water partition coefficient (Wildman–Crippen LogP) is 0.822. The number of anilines is 1. The van der Waals surface area contributed by atoms with Gasteiger partial charge in [0.15, 0.2) is 0 Å². The van der Waals surface area contributed by atoms with E-state index in [1.165, 1.54) is 0 Å². The smallest absolute Gasteiger partial charge is 0.234 e. The summed E-state index contributed by atoms with van der Waals surface area (Å²) in [5, 5.41) is 12.8. The molecular formula is C9H5N5. The Hall–Kier alpha value is -2.22. The molecule has 0 atom stereocenters. The van der Waals surface area contributed by atoms with Crippen molar-refractivity contribution in [1.29, 1.82) is 5.26 Å². The van der Waals surface area contributed by atoms with Crippen molar-refractivity contribution in [3.8, 4) is 6.07 Å². The largest absolute Gasteiger partial charge is 0.365 e. The van der Waals surface area contributed by atoms with Crippen molar-refractivity contribution in [2.45, 2.75) is 6.54 Å². The van der Waals surface area contributed by atoms with Crippen LogP contribution in [-0.4, -0.2) is 15.0 Å². The molecule has 2 aromatic heterocycles. The number of nitrogens with one attached hydrogen (secondary N) is 1. The minimum atomic E-state index is 0.181. The maximum Gasteiger partial charge on any atom is 0.234 e. The standard InChI is InChI=1S/C9H5N5/c10-1-7-13-6-4-11-2-5-3-12-9(14-7)8(5)6/h2,4H,3H2,(H,12,13,14). The van der Waals surface area contributed by atoms with Crippen LogP contribution in [0.3, 0.4) is 0 Å². The van der Waals surface area contributed by atoms with Gasteiger partial charge in [0.1, 0.15) is 11.9 Å². The molecule has 5 heteroatoms. The zero-order valence-corrected chi connectivity index (χ0v) is 7.15. The number of pyridine rings is 1. The second kappa shape index (κ2) is 2.39. The van der Waals surface area contributed by atoms with E-state index in [4.69, 9.17) is 5.26 Å². The van der Waals surface area contributed by atoms with Crippen molar-refractivity contribution in [2.75, 3.05) is 5.32 Å². The molecule has 0 aliphatic carbocycles. The molecule has 0 bridgehead atoms. The summed E-state index contributed by atoms with van der Waals surface area (Å²) in [6.07, 6.45) is 3.44. The molecule has 0 fully saturated rings. The van der Waals surface area contributed by atoms with Crippen LogP contribution in [0.2, 0.25) is 0 Å². The van der Waals surface area contributed by atoms with E-state index in [0.29, 0.717) is 6.54 Å². The fourth-order valence-electron chi connectivity index (χ4n) is 1.64. The average Bonchev–Trinajstić information content (AvgIpc) is 2.64. The molecule has 3 heterocycles. The average molecular weight is 183 g/mol. The van der Waals surface area contributed by atoms with E-state index in [9.17, 15) is 0 Å². The summed E-state index contributed by atoms with van der Waals surface area (Å²) >= 11 is 0. The first-order valence-corrected chi connectivity index (χ1v) is 4.17. The van der Waals surface area contributed by atoms with Crippen LogP contribution < -0.4 is 5.32 Å². The first-order chi connectivity index (χ1) is 6.88. The molecule has 1 aliphatic rings. The third kappa shape index (κ3) is 0.796. The highest BCUT2D eigenvalue weighted by Crippen LogP contribution is 2.28. The Labute approximate surface area is 79.4 Å². The maximum absolute atomic E-state index is 8.71. The van der Waals surface area contributed by atoms with Crippen LogP contribution in [0.15, 0.2) is 12.4 Å². The zero-order valence-electron chi connectivity index (χ0n) is 7.15. The number of rotatable bonds is 0. The summed E-state index contributed by atoms with van der Waals surface area (Å²) in [7, 11) is 0. The monoisotopic (exact) mass is 183 g/mol. The molecule has 66 valence electrons. The molecule has 0 saturated carbocycles. The van der Waals surface area contributed by atoms with E-state index in [2.05, 4.69) is 20.3 Å². The van der Waals surface area contributed by atoms with Crippen LogP contribution in [0.5, 0.6) is 0 Å². The van der Waals surface area contributed by atoms with Crippen molar-refractivity contribution in [3.05, 3.63) is 23.8 Å². The first-order valence-electron chi connectivity index (χ1n) is 4.17. The lowest BCUT2D eigenvalue weighted by Gasteiger charge is -1.98. The number of nitrogens with zero attached hydrogens (tertiary/aromatic N) is 4. The highest BCUT2D eigenvalue weighted by molar-refractivity contribution is 5.94. The summed E-state index contributed by atoms with van der Waals surface area (Å²) in [6.45, 7) is 0.712. The second-order valence-electron chi connectivity index (χ2n) is 3.05. The zero-order chi connectivity index (χ0) is 9.54. The fourth-order valence-corrected chi connectivity index (χ4v) is 1.64. The minimum Gasteiger partial charge on any atom is -0.365 e. The van der Waals surface area contributed by atoms with Crippen LogP contribution in [0.4, 0.5) is 5.82 Å². The fraction of sp³-hybridized carbons (Fsp3) is 0.111. The van der Waals surface area contributed by atoms with Crippen LogP contribution in [-0.2, 0) is 6.54 Å². The Morgan fingerprint density at radius 1 is 1.36 bits per heavy atom. The van der Waals surface area contributed by atoms with E-state index in [0.717, 1.165) is 22.3 Å². The van der Waals surface area contributed by atoms with Gasteiger partial charge in [-0.15, -0.1) is 0 Å². The Bertz CT molecular complexity index is 569. The lowest BCUT2D eigenvalue weighted by Crippen LogP contribution is -1.94. The Balaban J connectivity index is 2.49. The Morgan fingerprint density at radius 3 is 3.14 bits per heavy atom. The van der Waals surface area contributed by atoms with Gasteiger partial charge in [0.05, 0.1) is 17.1 Å². The molecule has 0 aromatic carbocycles. The predicted molar refractivity (Wildman–Crippen MR) is 49.4 cm³/mol. The highest BCUT2D eigenvalue weighted by Gasteiger charge is 2.16.